The highest BCUT2D eigenvalue weighted by atomic mass is 32.2. The molecule has 0 bridgehead atoms. The van der Waals surface area contributed by atoms with Crippen molar-refractivity contribution in [1.29, 1.82) is 0 Å². The summed E-state index contributed by atoms with van der Waals surface area (Å²) in [6.07, 6.45) is -0.295. The molecule has 0 aromatic carbocycles. The van der Waals surface area contributed by atoms with Crippen molar-refractivity contribution in [3.63, 3.8) is 0 Å². The molecule has 7 nitrogen and oxygen atoms in total. The van der Waals surface area contributed by atoms with Crippen LogP contribution in [-0.2, 0) is 24.4 Å². The molecule has 23 heavy (non-hydrogen) atoms. The molecule has 10 heteroatoms. The number of hydrogen-bond acceptors (Lipinski definition) is 5. The number of carbonyl (C=O) groups is 2. The van der Waals surface area contributed by atoms with Gasteiger partial charge in [0.2, 0.25) is 5.78 Å². The average molecular weight is 355 g/mol. The summed E-state index contributed by atoms with van der Waals surface area (Å²) in [4.78, 5) is 22.9. The van der Waals surface area contributed by atoms with Crippen LogP contribution in [0.15, 0.2) is 0 Å². The van der Waals surface area contributed by atoms with Crippen LogP contribution in [0, 0.1) is 0 Å². The number of halogens is 2. The smallest absolute Gasteiger partial charge is 0.300 e. The van der Waals surface area contributed by atoms with E-state index in [1.54, 1.807) is 0 Å². The second-order valence-corrected chi connectivity index (χ2v) is 7.47. The van der Waals surface area contributed by atoms with E-state index >= 15 is 0 Å². The summed E-state index contributed by atoms with van der Waals surface area (Å²) in [6, 6.07) is 0. The van der Waals surface area contributed by atoms with Crippen LogP contribution >= 0.6 is 0 Å². The van der Waals surface area contributed by atoms with Gasteiger partial charge in [0.05, 0.1) is 12.6 Å². The number of ether oxygens (including phenoxy) is 1. The zero-order valence-corrected chi connectivity index (χ0v) is 13.2. The van der Waals surface area contributed by atoms with E-state index in [1.165, 1.54) is 0 Å². The largest absolute Gasteiger partial charge is 0.366 e. The van der Waals surface area contributed by atoms with Crippen LogP contribution in [-0.4, -0.2) is 54.6 Å². The summed E-state index contributed by atoms with van der Waals surface area (Å²) in [7, 11) is -5.31. The van der Waals surface area contributed by atoms with E-state index in [2.05, 4.69) is 5.32 Å². The first kappa shape index (κ1) is 18.2. The van der Waals surface area contributed by atoms with E-state index in [0.29, 0.717) is 12.8 Å². The first-order valence-electron chi connectivity index (χ1n) is 7.39. The molecule has 132 valence electrons. The Bertz CT molecular complexity index is 577. The Morgan fingerprint density at radius 3 is 2.35 bits per heavy atom. The molecule has 3 atom stereocenters. The Kier molecular flexibility index (Phi) is 5.37. The van der Waals surface area contributed by atoms with Gasteiger partial charge in [0.15, 0.2) is 6.17 Å². The predicted octanol–water partition coefficient (Wildman–Crippen LogP) is 0.685. The summed E-state index contributed by atoms with van der Waals surface area (Å²) >= 11 is 0. The van der Waals surface area contributed by atoms with Gasteiger partial charge in [-0.25, -0.2) is 8.78 Å². The normalized spacial score (nSPS) is 29.9. The van der Waals surface area contributed by atoms with Crippen molar-refractivity contribution in [2.24, 2.45) is 0 Å². The third-order valence-corrected chi connectivity index (χ3v) is 5.04. The van der Waals surface area contributed by atoms with Crippen molar-refractivity contribution in [3.05, 3.63) is 0 Å². The maximum atomic E-state index is 14.5. The Morgan fingerprint density at radius 2 is 1.83 bits per heavy atom. The highest BCUT2D eigenvalue weighted by Gasteiger charge is 2.54. The minimum atomic E-state index is -5.31. The Balaban J connectivity index is 2.26. The van der Waals surface area contributed by atoms with Gasteiger partial charge in [-0.15, -0.1) is 0 Å². The van der Waals surface area contributed by atoms with Crippen LogP contribution in [0.25, 0.3) is 0 Å². The Morgan fingerprint density at radius 1 is 1.22 bits per heavy atom. The number of carbonyl (C=O) groups excluding carboxylic acids is 2. The van der Waals surface area contributed by atoms with Crippen molar-refractivity contribution in [3.8, 4) is 0 Å². The molecule has 1 aliphatic carbocycles. The van der Waals surface area contributed by atoms with Crippen LogP contribution in [0.2, 0.25) is 0 Å². The molecule has 2 N–H and O–H groups in total. The summed E-state index contributed by atoms with van der Waals surface area (Å²) in [6.45, 7) is -0.537. The maximum Gasteiger partial charge on any atom is 0.300 e. The monoisotopic (exact) mass is 355 g/mol. The van der Waals surface area contributed by atoms with Crippen molar-refractivity contribution < 1.29 is 36.1 Å². The standard InChI is InChI=1S/C13H19F2NO6S/c14-10(11(15)23(19,20)21)13(6-9(17)12(18)16-7-13)22-8-4-2-1-3-5-8/h8,10-11H,1-7H2,(H,16,18)(H,19,20,21). The SMILES string of the molecule is O=C1CC(OC2CCCCC2)(C(F)C(F)S(=O)(=O)O)CNC1=O. The first-order chi connectivity index (χ1) is 10.7. The number of hydrogen-bond donors (Lipinski definition) is 2. The number of alkyl halides is 2. The minimum Gasteiger partial charge on any atom is -0.366 e. The lowest BCUT2D eigenvalue weighted by Gasteiger charge is -2.42. The zero-order valence-electron chi connectivity index (χ0n) is 12.3. The lowest BCUT2D eigenvalue weighted by atomic mass is 9.87. The molecule has 1 heterocycles. The van der Waals surface area contributed by atoms with Crippen molar-refractivity contribution in [2.75, 3.05) is 6.54 Å². The van der Waals surface area contributed by atoms with Gasteiger partial charge in [-0.2, -0.15) is 8.42 Å². The molecular formula is C13H19F2NO6S. The highest BCUT2D eigenvalue weighted by molar-refractivity contribution is 7.86. The van der Waals surface area contributed by atoms with Crippen LogP contribution in [0.1, 0.15) is 38.5 Å². The maximum absolute atomic E-state index is 14.5. The molecule has 2 aliphatic rings. The number of piperidine rings is 1. The number of ketones is 1. The average Bonchev–Trinajstić information content (AvgIpc) is 2.49. The number of Topliss-reactive ketones (excluding diaryl/α,β-unsaturated/α-hetero) is 1. The van der Waals surface area contributed by atoms with E-state index in [-0.39, 0.29) is 0 Å². The van der Waals surface area contributed by atoms with Crippen LogP contribution in [0.5, 0.6) is 0 Å². The molecule has 1 saturated carbocycles. The van der Waals surface area contributed by atoms with Crippen molar-refractivity contribution >= 4 is 21.8 Å². The van der Waals surface area contributed by atoms with Gasteiger partial charge in [0.25, 0.3) is 11.4 Å². The molecule has 1 saturated heterocycles. The summed E-state index contributed by atoms with van der Waals surface area (Å²) in [5.41, 5.74) is -5.39. The van der Waals surface area contributed by atoms with Gasteiger partial charge in [-0.3, -0.25) is 14.1 Å². The van der Waals surface area contributed by atoms with Crippen molar-refractivity contribution in [2.45, 2.75) is 61.9 Å². The quantitative estimate of drug-likeness (QED) is 0.554. The lowest BCUT2D eigenvalue weighted by Crippen LogP contribution is -2.63. The molecule has 2 rings (SSSR count). The van der Waals surface area contributed by atoms with Gasteiger partial charge >= 0.3 is 10.1 Å². The van der Waals surface area contributed by atoms with E-state index in [1.807, 2.05) is 0 Å². The van der Waals surface area contributed by atoms with Crippen LogP contribution in [0.4, 0.5) is 8.78 Å². The predicted molar refractivity (Wildman–Crippen MR) is 74.7 cm³/mol. The molecule has 1 aliphatic heterocycles. The number of rotatable bonds is 5. The second-order valence-electron chi connectivity index (χ2n) is 5.99. The fourth-order valence-electron chi connectivity index (χ4n) is 2.99. The van der Waals surface area contributed by atoms with E-state index in [4.69, 9.17) is 9.29 Å². The molecule has 2 fully saturated rings. The molecule has 0 aromatic rings. The summed E-state index contributed by atoms with van der Waals surface area (Å²) in [5, 5.41) is 2.10. The first-order valence-corrected chi connectivity index (χ1v) is 8.89. The Labute approximate surface area is 132 Å². The molecule has 0 radical (unpaired) electrons. The molecule has 1 amide bonds. The van der Waals surface area contributed by atoms with E-state index < -0.39 is 58.2 Å². The van der Waals surface area contributed by atoms with E-state index in [9.17, 15) is 26.8 Å². The molecule has 3 unspecified atom stereocenters. The lowest BCUT2D eigenvalue weighted by molar-refractivity contribution is -0.172. The zero-order chi connectivity index (χ0) is 17.3. The molecule has 0 spiro atoms. The van der Waals surface area contributed by atoms with Crippen molar-refractivity contribution in [1.82, 2.24) is 5.32 Å². The molecular weight excluding hydrogens is 336 g/mol. The van der Waals surface area contributed by atoms with Gasteiger partial charge in [-0.05, 0) is 12.8 Å². The highest BCUT2D eigenvalue weighted by Crippen LogP contribution is 2.35. The van der Waals surface area contributed by atoms with Crippen LogP contribution in [0.3, 0.4) is 0 Å². The number of nitrogens with one attached hydrogen (secondary N) is 1. The fourth-order valence-corrected chi connectivity index (χ4v) is 3.54. The summed E-state index contributed by atoms with van der Waals surface area (Å²) < 4.78 is 64.5. The third kappa shape index (κ3) is 4.04. The van der Waals surface area contributed by atoms with Gasteiger partial charge < -0.3 is 10.1 Å². The topological polar surface area (TPSA) is 110 Å². The Hall–Kier alpha value is -1.13. The number of amides is 1. The summed E-state index contributed by atoms with van der Waals surface area (Å²) in [5.74, 6) is -1.97. The van der Waals surface area contributed by atoms with Gasteiger partial charge in [0.1, 0.15) is 5.60 Å². The van der Waals surface area contributed by atoms with E-state index in [0.717, 1.165) is 19.3 Å². The van der Waals surface area contributed by atoms with Gasteiger partial charge in [0, 0.05) is 6.42 Å². The third-order valence-electron chi connectivity index (χ3n) is 4.23. The second kappa shape index (κ2) is 6.78. The minimum absolute atomic E-state index is 0.460. The van der Waals surface area contributed by atoms with Crippen LogP contribution < -0.4 is 5.32 Å². The van der Waals surface area contributed by atoms with Gasteiger partial charge in [-0.1, -0.05) is 19.3 Å². The fraction of sp³-hybridized carbons (Fsp3) is 0.846. The molecule has 0 aromatic heterocycles.